The van der Waals surface area contributed by atoms with Gasteiger partial charge in [-0.15, -0.1) is 0 Å². The highest BCUT2D eigenvalue weighted by atomic mass is 16.5. The SMILES string of the molecule is Cc1ccc(N2C(=O)C(=O)/C(=C(/O)c3ccc(OCc4ccccc4)c(C)c3)C2c2ccccc2C)cc1. The summed E-state index contributed by atoms with van der Waals surface area (Å²) in [6, 6.07) is 29.5. The van der Waals surface area contributed by atoms with Gasteiger partial charge in [0, 0.05) is 11.3 Å². The number of aliphatic hydroxyl groups excluding tert-OH is 1. The van der Waals surface area contributed by atoms with Gasteiger partial charge in [-0.1, -0.05) is 72.3 Å². The van der Waals surface area contributed by atoms with E-state index in [-0.39, 0.29) is 11.3 Å². The number of Topliss-reactive ketones (excluding diaryl/α,β-unsaturated/α-hetero) is 1. The van der Waals surface area contributed by atoms with Crippen LogP contribution < -0.4 is 9.64 Å². The Balaban J connectivity index is 1.57. The molecule has 4 aromatic carbocycles. The standard InChI is InChI=1S/C33H29NO4/c1-21-13-16-26(17-14-21)34-30(27-12-8-7-9-22(27)2)29(32(36)33(34)37)31(35)25-15-18-28(23(3)19-25)38-20-24-10-5-4-6-11-24/h4-19,30,35H,20H2,1-3H3/b31-29+. The zero-order valence-electron chi connectivity index (χ0n) is 21.6. The van der Waals surface area contributed by atoms with E-state index in [0.29, 0.717) is 23.6 Å². The summed E-state index contributed by atoms with van der Waals surface area (Å²) in [6.45, 7) is 6.21. The number of carbonyl (C=O) groups excluding carboxylic acids is 2. The van der Waals surface area contributed by atoms with E-state index in [0.717, 1.165) is 27.8 Å². The number of rotatable bonds is 6. The smallest absolute Gasteiger partial charge is 0.300 e. The minimum absolute atomic E-state index is 0.0715. The molecule has 1 saturated heterocycles. The third-order valence-electron chi connectivity index (χ3n) is 6.93. The van der Waals surface area contributed by atoms with Gasteiger partial charge in [0.1, 0.15) is 18.1 Å². The van der Waals surface area contributed by atoms with Crippen molar-refractivity contribution in [3.63, 3.8) is 0 Å². The molecule has 0 aromatic heterocycles. The average Bonchev–Trinajstić information content (AvgIpc) is 3.18. The maximum absolute atomic E-state index is 13.4. The van der Waals surface area contributed by atoms with Gasteiger partial charge in [0.05, 0.1) is 11.6 Å². The number of nitrogens with zero attached hydrogens (tertiary/aromatic N) is 1. The number of amides is 1. The first-order valence-electron chi connectivity index (χ1n) is 12.6. The van der Waals surface area contributed by atoms with Crippen LogP contribution in [-0.4, -0.2) is 16.8 Å². The van der Waals surface area contributed by atoms with Gasteiger partial charge in [0.15, 0.2) is 0 Å². The summed E-state index contributed by atoms with van der Waals surface area (Å²) in [7, 11) is 0. The molecule has 1 atom stereocenters. The molecule has 5 nitrogen and oxygen atoms in total. The molecule has 5 heteroatoms. The fourth-order valence-corrected chi connectivity index (χ4v) is 4.84. The third kappa shape index (κ3) is 4.71. The van der Waals surface area contributed by atoms with Gasteiger partial charge in [0.25, 0.3) is 11.7 Å². The summed E-state index contributed by atoms with van der Waals surface area (Å²) in [4.78, 5) is 28.3. The van der Waals surface area contributed by atoms with E-state index in [4.69, 9.17) is 4.74 Å². The summed E-state index contributed by atoms with van der Waals surface area (Å²) >= 11 is 0. The molecule has 1 fully saturated rings. The highest BCUT2D eigenvalue weighted by Crippen LogP contribution is 2.43. The van der Waals surface area contributed by atoms with Crippen molar-refractivity contribution in [2.75, 3.05) is 4.90 Å². The lowest BCUT2D eigenvalue weighted by molar-refractivity contribution is -0.132. The van der Waals surface area contributed by atoms with E-state index >= 15 is 0 Å². The van der Waals surface area contributed by atoms with Crippen molar-refractivity contribution in [1.29, 1.82) is 0 Å². The maximum Gasteiger partial charge on any atom is 0.300 e. The molecule has 1 aliphatic heterocycles. The Morgan fingerprint density at radius 3 is 2.18 bits per heavy atom. The number of anilines is 1. The zero-order valence-corrected chi connectivity index (χ0v) is 21.6. The minimum Gasteiger partial charge on any atom is -0.507 e. The normalized spacial score (nSPS) is 16.6. The van der Waals surface area contributed by atoms with Crippen LogP contribution >= 0.6 is 0 Å². The van der Waals surface area contributed by atoms with Gasteiger partial charge in [-0.25, -0.2) is 0 Å². The Morgan fingerprint density at radius 2 is 1.50 bits per heavy atom. The first-order chi connectivity index (χ1) is 18.3. The molecule has 0 radical (unpaired) electrons. The molecule has 38 heavy (non-hydrogen) atoms. The zero-order chi connectivity index (χ0) is 26.8. The number of carbonyl (C=O) groups is 2. The molecule has 0 spiro atoms. The Morgan fingerprint density at radius 1 is 0.816 bits per heavy atom. The summed E-state index contributed by atoms with van der Waals surface area (Å²) in [6.07, 6.45) is 0. The predicted molar refractivity (Wildman–Crippen MR) is 149 cm³/mol. The Bertz CT molecular complexity index is 1540. The highest BCUT2D eigenvalue weighted by molar-refractivity contribution is 6.51. The fraction of sp³-hybridized carbons (Fsp3) is 0.152. The van der Waals surface area contributed by atoms with Crippen LogP contribution in [0.5, 0.6) is 5.75 Å². The molecule has 5 rings (SSSR count). The number of ketones is 1. The molecule has 0 aliphatic carbocycles. The number of aryl methyl sites for hydroxylation is 3. The topological polar surface area (TPSA) is 66.8 Å². The van der Waals surface area contributed by atoms with Crippen LogP contribution in [0, 0.1) is 20.8 Å². The van der Waals surface area contributed by atoms with Crippen molar-refractivity contribution in [1.82, 2.24) is 0 Å². The van der Waals surface area contributed by atoms with Crippen LogP contribution in [0.2, 0.25) is 0 Å². The van der Waals surface area contributed by atoms with E-state index in [1.54, 1.807) is 18.2 Å². The van der Waals surface area contributed by atoms with E-state index in [9.17, 15) is 14.7 Å². The minimum atomic E-state index is -0.756. The number of hydrogen-bond acceptors (Lipinski definition) is 4. The fourth-order valence-electron chi connectivity index (χ4n) is 4.84. The molecule has 1 N–H and O–H groups in total. The van der Waals surface area contributed by atoms with E-state index in [1.165, 1.54) is 4.90 Å². The second-order valence-electron chi connectivity index (χ2n) is 9.62. The first-order valence-corrected chi connectivity index (χ1v) is 12.6. The number of benzene rings is 4. The largest absolute Gasteiger partial charge is 0.507 e. The lowest BCUT2D eigenvalue weighted by Crippen LogP contribution is -2.29. The summed E-state index contributed by atoms with van der Waals surface area (Å²) in [5, 5.41) is 11.5. The predicted octanol–water partition coefficient (Wildman–Crippen LogP) is 6.82. The summed E-state index contributed by atoms with van der Waals surface area (Å²) in [5.74, 6) is -0.897. The second kappa shape index (κ2) is 10.4. The number of ether oxygens (including phenoxy) is 1. The van der Waals surface area contributed by atoms with E-state index < -0.39 is 17.7 Å². The van der Waals surface area contributed by atoms with Crippen molar-refractivity contribution in [3.05, 3.63) is 136 Å². The maximum atomic E-state index is 13.4. The Labute approximate surface area is 222 Å². The average molecular weight is 504 g/mol. The van der Waals surface area contributed by atoms with Crippen molar-refractivity contribution in [2.24, 2.45) is 0 Å². The molecule has 4 aromatic rings. The number of aliphatic hydroxyl groups is 1. The van der Waals surface area contributed by atoms with Crippen LogP contribution in [-0.2, 0) is 16.2 Å². The molecule has 1 unspecified atom stereocenters. The lowest BCUT2D eigenvalue weighted by Gasteiger charge is -2.26. The van der Waals surface area contributed by atoms with Crippen LogP contribution in [0.1, 0.15) is 39.4 Å². The van der Waals surface area contributed by atoms with E-state index in [1.807, 2.05) is 99.6 Å². The highest BCUT2D eigenvalue weighted by Gasteiger charge is 2.47. The lowest BCUT2D eigenvalue weighted by atomic mass is 9.92. The van der Waals surface area contributed by atoms with E-state index in [2.05, 4.69) is 0 Å². The van der Waals surface area contributed by atoms with Gasteiger partial charge >= 0.3 is 0 Å². The molecule has 0 saturated carbocycles. The van der Waals surface area contributed by atoms with Crippen LogP contribution in [0.3, 0.4) is 0 Å². The summed E-state index contributed by atoms with van der Waals surface area (Å²) < 4.78 is 5.98. The van der Waals surface area contributed by atoms with Crippen molar-refractivity contribution < 1.29 is 19.4 Å². The van der Waals surface area contributed by atoms with Crippen molar-refractivity contribution >= 4 is 23.1 Å². The Kier molecular flexibility index (Phi) is 6.84. The van der Waals surface area contributed by atoms with Crippen LogP contribution in [0.25, 0.3) is 5.76 Å². The molecule has 0 bridgehead atoms. The van der Waals surface area contributed by atoms with Gasteiger partial charge in [0.2, 0.25) is 0 Å². The molecular weight excluding hydrogens is 474 g/mol. The number of hydrogen-bond donors (Lipinski definition) is 1. The van der Waals surface area contributed by atoms with Crippen molar-refractivity contribution in [3.8, 4) is 5.75 Å². The Hall–Kier alpha value is -4.64. The molecular formula is C33H29NO4. The van der Waals surface area contributed by atoms with Gasteiger partial charge < -0.3 is 9.84 Å². The van der Waals surface area contributed by atoms with Crippen LogP contribution in [0.15, 0.2) is 103 Å². The first kappa shape index (κ1) is 25.0. The van der Waals surface area contributed by atoms with Gasteiger partial charge in [-0.3, -0.25) is 14.5 Å². The molecule has 190 valence electrons. The molecule has 1 amide bonds. The molecule has 1 aliphatic rings. The van der Waals surface area contributed by atoms with Gasteiger partial charge in [-0.2, -0.15) is 0 Å². The monoisotopic (exact) mass is 503 g/mol. The third-order valence-corrected chi connectivity index (χ3v) is 6.93. The second-order valence-corrected chi connectivity index (χ2v) is 9.62. The summed E-state index contributed by atoms with van der Waals surface area (Å²) in [5.41, 5.74) is 5.74. The quantitative estimate of drug-likeness (QED) is 0.178. The molecule has 1 heterocycles. The van der Waals surface area contributed by atoms with Crippen LogP contribution in [0.4, 0.5) is 5.69 Å². The van der Waals surface area contributed by atoms with Gasteiger partial charge in [-0.05, 0) is 73.4 Å². The van der Waals surface area contributed by atoms with Crippen molar-refractivity contribution in [2.45, 2.75) is 33.4 Å².